The summed E-state index contributed by atoms with van der Waals surface area (Å²) in [6.07, 6.45) is 2.56. The normalized spacial score (nSPS) is 20.3. The second kappa shape index (κ2) is 9.12. The van der Waals surface area contributed by atoms with Gasteiger partial charge in [0.1, 0.15) is 5.75 Å². The molecule has 2 saturated heterocycles. The molecule has 0 spiro atoms. The molecule has 0 aliphatic carbocycles. The van der Waals surface area contributed by atoms with Crippen LogP contribution in [-0.4, -0.2) is 82.8 Å². The molecule has 26 heavy (non-hydrogen) atoms. The summed E-state index contributed by atoms with van der Waals surface area (Å²) in [5.41, 5.74) is 1.18. The number of rotatable bonds is 4. The molecule has 1 aromatic rings. The molecule has 2 aliphatic rings. The number of nitrogens with zero attached hydrogens (tertiary/aromatic N) is 4. The van der Waals surface area contributed by atoms with Crippen molar-refractivity contribution < 1.29 is 4.74 Å². The number of guanidine groups is 1. The van der Waals surface area contributed by atoms with Crippen LogP contribution in [0.25, 0.3) is 0 Å². The molecule has 0 aromatic heterocycles. The molecular formula is C20H33N5O. The predicted octanol–water partition coefficient (Wildman–Crippen LogP) is 1.73. The molecule has 2 aliphatic heterocycles. The van der Waals surface area contributed by atoms with E-state index in [1.54, 1.807) is 7.11 Å². The van der Waals surface area contributed by atoms with Crippen LogP contribution in [0.5, 0.6) is 5.75 Å². The molecule has 0 bridgehead atoms. The van der Waals surface area contributed by atoms with Crippen LogP contribution < -0.4 is 15.0 Å². The molecule has 0 radical (unpaired) electrons. The molecule has 144 valence electrons. The number of nitrogens with one attached hydrogen (secondary N) is 1. The highest BCUT2D eigenvalue weighted by Crippen LogP contribution is 2.28. The second-order valence-electron chi connectivity index (χ2n) is 7.32. The third-order valence-corrected chi connectivity index (χ3v) is 5.60. The summed E-state index contributed by atoms with van der Waals surface area (Å²) < 4.78 is 5.51. The number of hydrogen-bond donors (Lipinski definition) is 1. The SMILES string of the molecule is CN=C(NCC1CCN(C)CC1)N1CCN(c2ccccc2OC)CC1. The summed E-state index contributed by atoms with van der Waals surface area (Å²) in [6.45, 7) is 7.37. The van der Waals surface area contributed by atoms with E-state index in [-0.39, 0.29) is 0 Å². The van der Waals surface area contributed by atoms with Gasteiger partial charge in [0.2, 0.25) is 0 Å². The second-order valence-corrected chi connectivity index (χ2v) is 7.32. The van der Waals surface area contributed by atoms with Crippen molar-refractivity contribution in [2.24, 2.45) is 10.9 Å². The largest absolute Gasteiger partial charge is 0.495 e. The Kier molecular flexibility index (Phi) is 6.61. The quantitative estimate of drug-likeness (QED) is 0.655. The lowest BCUT2D eigenvalue weighted by Gasteiger charge is -2.38. The summed E-state index contributed by atoms with van der Waals surface area (Å²) in [6, 6.07) is 8.27. The van der Waals surface area contributed by atoms with Gasteiger partial charge in [-0.15, -0.1) is 0 Å². The molecule has 3 rings (SSSR count). The molecule has 0 saturated carbocycles. The van der Waals surface area contributed by atoms with Gasteiger partial charge in [-0.1, -0.05) is 12.1 Å². The van der Waals surface area contributed by atoms with E-state index in [1.807, 2.05) is 19.2 Å². The van der Waals surface area contributed by atoms with E-state index in [2.05, 4.69) is 44.2 Å². The molecule has 1 aromatic carbocycles. The molecule has 0 atom stereocenters. The molecule has 2 fully saturated rings. The maximum absolute atomic E-state index is 5.51. The maximum atomic E-state index is 5.51. The lowest BCUT2D eigenvalue weighted by molar-refractivity contribution is 0.219. The number of piperidine rings is 1. The van der Waals surface area contributed by atoms with Gasteiger partial charge in [-0.2, -0.15) is 0 Å². The average molecular weight is 360 g/mol. The average Bonchev–Trinajstić information content (AvgIpc) is 2.70. The van der Waals surface area contributed by atoms with E-state index in [0.29, 0.717) is 0 Å². The van der Waals surface area contributed by atoms with Crippen LogP contribution in [0, 0.1) is 5.92 Å². The Morgan fingerprint density at radius 2 is 1.81 bits per heavy atom. The topological polar surface area (TPSA) is 43.3 Å². The van der Waals surface area contributed by atoms with E-state index in [1.165, 1.54) is 31.6 Å². The summed E-state index contributed by atoms with van der Waals surface area (Å²) in [5.74, 6) is 2.76. The smallest absolute Gasteiger partial charge is 0.193 e. The van der Waals surface area contributed by atoms with Gasteiger partial charge in [-0.3, -0.25) is 4.99 Å². The standard InChI is InChI=1S/C20H33N5O/c1-21-20(22-16-17-8-10-23(2)11-9-17)25-14-12-24(13-15-25)18-6-4-5-7-19(18)26-3/h4-7,17H,8-16H2,1-3H3,(H,21,22). The number of likely N-dealkylation sites (tertiary alicyclic amines) is 1. The van der Waals surface area contributed by atoms with Crippen LogP contribution >= 0.6 is 0 Å². The van der Waals surface area contributed by atoms with Crippen molar-refractivity contribution in [1.82, 2.24) is 15.1 Å². The van der Waals surface area contributed by atoms with Crippen molar-refractivity contribution >= 4 is 11.6 Å². The predicted molar refractivity (Wildman–Crippen MR) is 108 cm³/mol. The highest BCUT2D eigenvalue weighted by atomic mass is 16.5. The minimum absolute atomic E-state index is 0.762. The third kappa shape index (κ3) is 4.61. The van der Waals surface area contributed by atoms with Crippen molar-refractivity contribution in [3.8, 4) is 5.75 Å². The van der Waals surface area contributed by atoms with Crippen molar-refractivity contribution in [2.45, 2.75) is 12.8 Å². The molecule has 6 nitrogen and oxygen atoms in total. The number of hydrogen-bond acceptors (Lipinski definition) is 4. The van der Waals surface area contributed by atoms with E-state index in [0.717, 1.165) is 50.4 Å². The fourth-order valence-electron chi connectivity index (χ4n) is 3.88. The van der Waals surface area contributed by atoms with Crippen molar-refractivity contribution in [3.63, 3.8) is 0 Å². The fraction of sp³-hybridized carbons (Fsp3) is 0.650. The van der Waals surface area contributed by atoms with Gasteiger partial charge < -0.3 is 24.8 Å². The Balaban J connectivity index is 1.50. The number of piperazine rings is 1. The highest BCUT2D eigenvalue weighted by molar-refractivity contribution is 5.80. The Bertz CT molecular complexity index is 590. The van der Waals surface area contributed by atoms with Crippen LogP contribution in [0.1, 0.15) is 12.8 Å². The lowest BCUT2D eigenvalue weighted by atomic mass is 9.97. The van der Waals surface area contributed by atoms with Gasteiger partial charge >= 0.3 is 0 Å². The van der Waals surface area contributed by atoms with Crippen LogP contribution in [0.3, 0.4) is 0 Å². The Morgan fingerprint density at radius 3 is 2.46 bits per heavy atom. The van der Waals surface area contributed by atoms with Crippen LogP contribution in [-0.2, 0) is 0 Å². The molecule has 1 N–H and O–H groups in total. The fourth-order valence-corrected chi connectivity index (χ4v) is 3.88. The Hall–Kier alpha value is -1.95. The minimum Gasteiger partial charge on any atom is -0.495 e. The first-order valence-electron chi connectivity index (χ1n) is 9.73. The Morgan fingerprint density at radius 1 is 1.12 bits per heavy atom. The molecular weight excluding hydrogens is 326 g/mol. The zero-order valence-corrected chi connectivity index (χ0v) is 16.4. The van der Waals surface area contributed by atoms with Crippen molar-refractivity contribution in [3.05, 3.63) is 24.3 Å². The summed E-state index contributed by atoms with van der Waals surface area (Å²) >= 11 is 0. The number of benzene rings is 1. The van der Waals surface area contributed by atoms with Crippen LogP contribution in [0.2, 0.25) is 0 Å². The van der Waals surface area contributed by atoms with Gasteiger partial charge in [-0.25, -0.2) is 0 Å². The number of methoxy groups -OCH3 is 1. The first kappa shape index (κ1) is 18.8. The van der Waals surface area contributed by atoms with E-state index in [4.69, 9.17) is 4.74 Å². The monoisotopic (exact) mass is 359 g/mol. The van der Waals surface area contributed by atoms with Gasteiger partial charge in [0, 0.05) is 39.8 Å². The summed E-state index contributed by atoms with van der Waals surface area (Å²) in [5, 5.41) is 3.62. The van der Waals surface area contributed by atoms with E-state index < -0.39 is 0 Å². The number of anilines is 1. The van der Waals surface area contributed by atoms with Crippen molar-refractivity contribution in [1.29, 1.82) is 0 Å². The molecule has 2 heterocycles. The number of para-hydroxylation sites is 2. The molecule has 0 unspecified atom stereocenters. The zero-order chi connectivity index (χ0) is 18.4. The van der Waals surface area contributed by atoms with Gasteiger partial charge in [0.25, 0.3) is 0 Å². The first-order chi connectivity index (χ1) is 12.7. The van der Waals surface area contributed by atoms with Gasteiger partial charge in [0.15, 0.2) is 5.96 Å². The first-order valence-corrected chi connectivity index (χ1v) is 9.73. The Labute approximate surface area is 157 Å². The molecule has 6 heteroatoms. The van der Waals surface area contributed by atoms with Crippen LogP contribution in [0.4, 0.5) is 5.69 Å². The number of aliphatic imine (C=N–C) groups is 1. The van der Waals surface area contributed by atoms with Crippen molar-refractivity contribution in [2.75, 3.05) is 71.9 Å². The summed E-state index contributed by atoms with van der Waals surface area (Å²) in [4.78, 5) is 11.7. The van der Waals surface area contributed by atoms with Gasteiger partial charge in [0.05, 0.1) is 12.8 Å². The maximum Gasteiger partial charge on any atom is 0.193 e. The van der Waals surface area contributed by atoms with E-state index >= 15 is 0 Å². The molecule has 0 amide bonds. The third-order valence-electron chi connectivity index (χ3n) is 5.60. The number of ether oxygens (including phenoxy) is 1. The van der Waals surface area contributed by atoms with Crippen LogP contribution in [0.15, 0.2) is 29.3 Å². The summed E-state index contributed by atoms with van der Waals surface area (Å²) in [7, 11) is 5.84. The highest BCUT2D eigenvalue weighted by Gasteiger charge is 2.23. The zero-order valence-electron chi connectivity index (χ0n) is 16.4. The lowest BCUT2D eigenvalue weighted by Crippen LogP contribution is -2.53. The van der Waals surface area contributed by atoms with E-state index in [9.17, 15) is 0 Å². The minimum atomic E-state index is 0.762. The van der Waals surface area contributed by atoms with Gasteiger partial charge in [-0.05, 0) is 51.0 Å².